The van der Waals surface area contributed by atoms with Gasteiger partial charge >= 0.3 is 0 Å². The van der Waals surface area contributed by atoms with Gasteiger partial charge in [-0.3, -0.25) is 5.41 Å². The van der Waals surface area contributed by atoms with Crippen LogP contribution in [0.4, 0.5) is 0 Å². The Morgan fingerprint density at radius 2 is 2.09 bits per heavy atom. The molecule has 11 heavy (non-hydrogen) atoms. The number of piperidine rings is 1. The molecular formula is C7H15N3S. The van der Waals surface area contributed by atoms with Crippen molar-refractivity contribution in [1.82, 2.24) is 4.90 Å². The first kappa shape index (κ1) is 8.71. The number of hydrogen-bond donors (Lipinski definition) is 2. The van der Waals surface area contributed by atoms with Gasteiger partial charge in [-0.05, 0) is 19.1 Å². The van der Waals surface area contributed by atoms with E-state index in [0.717, 1.165) is 18.3 Å². The predicted octanol–water partition coefficient (Wildman–Crippen LogP) is 0.707. The summed E-state index contributed by atoms with van der Waals surface area (Å²) >= 11 is 1.92. The van der Waals surface area contributed by atoms with Crippen molar-refractivity contribution in [2.75, 3.05) is 19.3 Å². The number of nitrogens with zero attached hydrogens (tertiary/aromatic N) is 1. The Balaban J connectivity index is 2.30. The topological polar surface area (TPSA) is 53.1 Å². The fourth-order valence-electron chi connectivity index (χ4n) is 1.33. The van der Waals surface area contributed by atoms with Crippen LogP contribution in [0.3, 0.4) is 0 Å². The van der Waals surface area contributed by atoms with Crippen LogP contribution in [0.5, 0.6) is 0 Å². The molecule has 0 aromatic carbocycles. The number of nitrogens with two attached hydrogens (primary N) is 1. The molecule has 0 amide bonds. The molecule has 0 radical (unpaired) electrons. The van der Waals surface area contributed by atoms with E-state index in [2.05, 4.69) is 6.26 Å². The number of thioether (sulfide) groups is 1. The van der Waals surface area contributed by atoms with Gasteiger partial charge in [0.15, 0.2) is 5.96 Å². The zero-order valence-corrected chi connectivity index (χ0v) is 7.66. The second-order valence-electron chi connectivity index (χ2n) is 2.81. The lowest BCUT2D eigenvalue weighted by molar-refractivity contribution is 0.344. The third kappa shape index (κ3) is 2.29. The summed E-state index contributed by atoms with van der Waals surface area (Å²) in [4.78, 5) is 1.94. The maximum atomic E-state index is 7.21. The Hall–Kier alpha value is -0.380. The zero-order valence-electron chi connectivity index (χ0n) is 6.84. The van der Waals surface area contributed by atoms with Crippen molar-refractivity contribution in [2.24, 2.45) is 5.73 Å². The van der Waals surface area contributed by atoms with Gasteiger partial charge in [0.1, 0.15) is 0 Å². The number of rotatable bonds is 1. The summed E-state index contributed by atoms with van der Waals surface area (Å²) in [6, 6.07) is 0. The van der Waals surface area contributed by atoms with Gasteiger partial charge in [0.05, 0.1) is 0 Å². The molecule has 0 aromatic heterocycles. The first-order chi connectivity index (χ1) is 5.24. The zero-order chi connectivity index (χ0) is 8.27. The predicted molar refractivity (Wildman–Crippen MR) is 50.0 cm³/mol. The van der Waals surface area contributed by atoms with Gasteiger partial charge in [-0.15, -0.1) is 0 Å². The normalized spacial score (nSPS) is 20.3. The first-order valence-electron chi connectivity index (χ1n) is 3.86. The van der Waals surface area contributed by atoms with Crippen molar-refractivity contribution in [2.45, 2.75) is 18.1 Å². The van der Waals surface area contributed by atoms with Gasteiger partial charge in [-0.2, -0.15) is 11.8 Å². The molecule has 1 aliphatic heterocycles. The van der Waals surface area contributed by atoms with E-state index >= 15 is 0 Å². The quantitative estimate of drug-likeness (QED) is 0.453. The molecule has 1 fully saturated rings. The van der Waals surface area contributed by atoms with E-state index in [1.54, 1.807) is 0 Å². The lowest BCUT2D eigenvalue weighted by atomic mass is 10.1. The van der Waals surface area contributed by atoms with E-state index in [4.69, 9.17) is 11.1 Å². The van der Waals surface area contributed by atoms with Crippen molar-refractivity contribution in [3.05, 3.63) is 0 Å². The van der Waals surface area contributed by atoms with Gasteiger partial charge in [0.25, 0.3) is 0 Å². The average Bonchev–Trinajstić information content (AvgIpc) is 2.05. The fourth-order valence-corrected chi connectivity index (χ4v) is 2.01. The van der Waals surface area contributed by atoms with Crippen molar-refractivity contribution in [3.63, 3.8) is 0 Å². The van der Waals surface area contributed by atoms with E-state index < -0.39 is 0 Å². The fraction of sp³-hybridized carbons (Fsp3) is 0.857. The van der Waals surface area contributed by atoms with Crippen LogP contribution in [0.25, 0.3) is 0 Å². The Kier molecular flexibility index (Phi) is 3.05. The summed E-state index contributed by atoms with van der Waals surface area (Å²) in [5.74, 6) is 0.226. The third-order valence-corrected chi connectivity index (χ3v) is 3.25. The molecule has 0 aromatic rings. The van der Waals surface area contributed by atoms with Gasteiger partial charge in [-0.1, -0.05) is 0 Å². The minimum atomic E-state index is 0.226. The molecule has 0 saturated carbocycles. The van der Waals surface area contributed by atoms with E-state index in [9.17, 15) is 0 Å². The van der Waals surface area contributed by atoms with Crippen LogP contribution >= 0.6 is 11.8 Å². The van der Waals surface area contributed by atoms with E-state index in [1.165, 1.54) is 12.8 Å². The third-order valence-electron chi connectivity index (χ3n) is 2.12. The summed E-state index contributed by atoms with van der Waals surface area (Å²) < 4.78 is 0. The van der Waals surface area contributed by atoms with Crippen LogP contribution in [0, 0.1) is 5.41 Å². The van der Waals surface area contributed by atoms with Gasteiger partial charge < -0.3 is 10.6 Å². The summed E-state index contributed by atoms with van der Waals surface area (Å²) in [5.41, 5.74) is 5.36. The molecule has 1 aliphatic rings. The van der Waals surface area contributed by atoms with Crippen LogP contribution in [0.1, 0.15) is 12.8 Å². The smallest absolute Gasteiger partial charge is 0.188 e. The molecule has 4 heteroatoms. The van der Waals surface area contributed by atoms with Crippen LogP contribution < -0.4 is 5.73 Å². The van der Waals surface area contributed by atoms with Gasteiger partial charge in [0, 0.05) is 18.3 Å². The van der Waals surface area contributed by atoms with Crippen LogP contribution in [0.2, 0.25) is 0 Å². The van der Waals surface area contributed by atoms with Gasteiger partial charge in [-0.25, -0.2) is 0 Å². The number of nitrogens with one attached hydrogen (secondary N) is 1. The SMILES string of the molecule is CSC1CCN(C(=N)N)CC1. The minimum absolute atomic E-state index is 0.226. The van der Waals surface area contributed by atoms with Crippen molar-refractivity contribution in [3.8, 4) is 0 Å². The maximum Gasteiger partial charge on any atom is 0.188 e. The van der Waals surface area contributed by atoms with Crippen LogP contribution in [-0.4, -0.2) is 35.5 Å². The highest BCUT2D eigenvalue weighted by molar-refractivity contribution is 7.99. The molecule has 1 saturated heterocycles. The molecule has 0 bridgehead atoms. The van der Waals surface area contributed by atoms with E-state index in [-0.39, 0.29) is 5.96 Å². The molecule has 0 atom stereocenters. The monoisotopic (exact) mass is 173 g/mol. The molecule has 0 aliphatic carbocycles. The number of hydrogen-bond acceptors (Lipinski definition) is 2. The molecular weight excluding hydrogens is 158 g/mol. The largest absolute Gasteiger partial charge is 0.370 e. The first-order valence-corrected chi connectivity index (χ1v) is 5.14. The van der Waals surface area contributed by atoms with Crippen LogP contribution in [-0.2, 0) is 0 Å². The van der Waals surface area contributed by atoms with E-state index in [1.807, 2.05) is 16.7 Å². The molecule has 0 unspecified atom stereocenters. The summed E-state index contributed by atoms with van der Waals surface area (Å²) in [5, 5.41) is 7.99. The highest BCUT2D eigenvalue weighted by atomic mass is 32.2. The Bertz CT molecular complexity index is 141. The highest BCUT2D eigenvalue weighted by Crippen LogP contribution is 2.20. The minimum Gasteiger partial charge on any atom is -0.370 e. The Morgan fingerprint density at radius 3 is 2.45 bits per heavy atom. The molecule has 0 spiro atoms. The van der Waals surface area contributed by atoms with E-state index in [0.29, 0.717) is 0 Å². The molecule has 1 rings (SSSR count). The summed E-state index contributed by atoms with van der Waals surface area (Å²) in [7, 11) is 0. The number of guanidine groups is 1. The van der Waals surface area contributed by atoms with Crippen molar-refractivity contribution >= 4 is 17.7 Å². The molecule has 1 heterocycles. The van der Waals surface area contributed by atoms with Crippen molar-refractivity contribution in [1.29, 1.82) is 5.41 Å². The lowest BCUT2D eigenvalue weighted by Crippen LogP contribution is -2.42. The van der Waals surface area contributed by atoms with Gasteiger partial charge in [0.2, 0.25) is 0 Å². The highest BCUT2D eigenvalue weighted by Gasteiger charge is 2.18. The van der Waals surface area contributed by atoms with Crippen LogP contribution in [0.15, 0.2) is 0 Å². The summed E-state index contributed by atoms with van der Waals surface area (Å²) in [6.45, 7) is 1.92. The number of likely N-dealkylation sites (tertiary alicyclic amines) is 1. The Morgan fingerprint density at radius 1 is 1.55 bits per heavy atom. The molecule has 3 nitrogen and oxygen atoms in total. The molecule has 64 valence electrons. The second-order valence-corrected chi connectivity index (χ2v) is 3.95. The van der Waals surface area contributed by atoms with Crippen molar-refractivity contribution < 1.29 is 0 Å². The standard InChI is InChI=1S/C7H15N3S/c1-11-6-2-4-10(5-3-6)7(8)9/h6H,2-5H2,1H3,(H3,8,9). The summed E-state index contributed by atoms with van der Waals surface area (Å²) in [6.07, 6.45) is 4.48. The maximum absolute atomic E-state index is 7.21. The Labute approximate surface area is 71.8 Å². The lowest BCUT2D eigenvalue weighted by Gasteiger charge is -2.31. The second kappa shape index (κ2) is 3.85. The molecule has 3 N–H and O–H groups in total. The average molecular weight is 173 g/mol.